The molecule has 1 aromatic rings. The third kappa shape index (κ3) is 5.84. The fourth-order valence-electron chi connectivity index (χ4n) is 1.49. The Morgan fingerprint density at radius 1 is 1.42 bits per heavy atom. The van der Waals surface area contributed by atoms with Crippen LogP contribution in [0.3, 0.4) is 0 Å². The van der Waals surface area contributed by atoms with Crippen LogP contribution in [0, 0.1) is 0 Å². The molecule has 1 atom stereocenters. The van der Waals surface area contributed by atoms with Gasteiger partial charge in [-0.3, -0.25) is 0 Å². The second kappa shape index (κ2) is 7.17. The molecular formula is C13H22BrN3O2. The van der Waals surface area contributed by atoms with Crippen molar-refractivity contribution in [3.05, 3.63) is 16.5 Å². The molecule has 1 rings (SSSR count). The van der Waals surface area contributed by atoms with Crippen LogP contribution >= 0.6 is 15.9 Å². The van der Waals surface area contributed by atoms with Crippen LogP contribution in [0.15, 0.2) is 10.7 Å². The average Bonchev–Trinajstić information content (AvgIpc) is 2.27. The van der Waals surface area contributed by atoms with E-state index in [2.05, 4.69) is 52.0 Å². The summed E-state index contributed by atoms with van der Waals surface area (Å²) in [6.45, 7) is 7.20. The molecule has 19 heavy (non-hydrogen) atoms. The number of methoxy groups -OCH3 is 1. The van der Waals surface area contributed by atoms with Crippen molar-refractivity contribution in [3.8, 4) is 0 Å². The van der Waals surface area contributed by atoms with Gasteiger partial charge in [-0.2, -0.15) is 0 Å². The van der Waals surface area contributed by atoms with Crippen molar-refractivity contribution in [2.75, 3.05) is 25.6 Å². The highest BCUT2D eigenvalue weighted by atomic mass is 79.9. The third-order valence-electron chi connectivity index (χ3n) is 2.51. The minimum Gasteiger partial charge on any atom is -0.391 e. The molecule has 0 aliphatic heterocycles. The van der Waals surface area contributed by atoms with Crippen LogP contribution in [0.1, 0.15) is 33.0 Å². The predicted molar refractivity (Wildman–Crippen MR) is 79.4 cm³/mol. The maximum Gasteiger partial charge on any atom is 0.137 e. The summed E-state index contributed by atoms with van der Waals surface area (Å²) in [6, 6.07) is 1.83. The molecule has 0 radical (unpaired) electrons. The molecule has 1 unspecified atom stereocenters. The predicted octanol–water partition coefficient (Wildman–Crippen LogP) is 2.35. The van der Waals surface area contributed by atoms with E-state index in [1.807, 2.05) is 6.07 Å². The molecule has 1 heterocycles. The summed E-state index contributed by atoms with van der Waals surface area (Å²) >= 11 is 3.39. The third-order valence-corrected chi connectivity index (χ3v) is 2.91. The van der Waals surface area contributed by atoms with Crippen molar-refractivity contribution in [3.63, 3.8) is 0 Å². The van der Waals surface area contributed by atoms with Gasteiger partial charge in [0.15, 0.2) is 0 Å². The standard InChI is InChI=1S/C13H22BrN3O2/c1-13(2,3)12-16-10(14)7-11(17-12)15-6-5-9(18)8-19-4/h7,9,18H,5-6,8H2,1-4H3,(H,15,16,17). The van der Waals surface area contributed by atoms with Crippen molar-refractivity contribution in [2.45, 2.75) is 38.7 Å². The van der Waals surface area contributed by atoms with Crippen LogP contribution in [0.5, 0.6) is 0 Å². The zero-order chi connectivity index (χ0) is 14.5. The Morgan fingerprint density at radius 2 is 2.11 bits per heavy atom. The summed E-state index contributed by atoms with van der Waals surface area (Å²) in [5.74, 6) is 1.54. The summed E-state index contributed by atoms with van der Waals surface area (Å²) in [5, 5.41) is 12.7. The van der Waals surface area contributed by atoms with Gasteiger partial charge in [-0.05, 0) is 22.4 Å². The first-order chi connectivity index (χ1) is 8.82. The van der Waals surface area contributed by atoms with Crippen LogP contribution in [0.2, 0.25) is 0 Å². The zero-order valence-electron chi connectivity index (χ0n) is 11.9. The number of halogens is 1. The fourth-order valence-corrected chi connectivity index (χ4v) is 1.87. The van der Waals surface area contributed by atoms with Gasteiger partial charge >= 0.3 is 0 Å². The topological polar surface area (TPSA) is 67.3 Å². The van der Waals surface area contributed by atoms with E-state index in [-0.39, 0.29) is 5.41 Å². The van der Waals surface area contributed by atoms with Crippen molar-refractivity contribution in [1.29, 1.82) is 0 Å². The van der Waals surface area contributed by atoms with Gasteiger partial charge in [-0.15, -0.1) is 0 Å². The minimum atomic E-state index is -0.454. The minimum absolute atomic E-state index is 0.101. The highest BCUT2D eigenvalue weighted by Crippen LogP contribution is 2.22. The number of aliphatic hydroxyl groups excluding tert-OH is 1. The molecular weight excluding hydrogens is 310 g/mol. The summed E-state index contributed by atoms with van der Waals surface area (Å²) in [5.41, 5.74) is -0.101. The molecule has 0 bridgehead atoms. The highest BCUT2D eigenvalue weighted by Gasteiger charge is 2.18. The van der Waals surface area contributed by atoms with Crippen LogP contribution in [0.25, 0.3) is 0 Å². The Bertz CT molecular complexity index is 407. The summed E-state index contributed by atoms with van der Waals surface area (Å²) < 4.78 is 5.64. The lowest BCUT2D eigenvalue weighted by Gasteiger charge is -2.18. The maximum atomic E-state index is 9.56. The average molecular weight is 332 g/mol. The van der Waals surface area contributed by atoms with Gasteiger partial charge in [0, 0.05) is 25.1 Å². The van der Waals surface area contributed by atoms with E-state index in [0.29, 0.717) is 19.6 Å². The van der Waals surface area contributed by atoms with Crippen LogP contribution in [-0.2, 0) is 10.2 Å². The van der Waals surface area contributed by atoms with E-state index in [1.54, 1.807) is 7.11 Å². The molecule has 6 heteroatoms. The normalized spacial score (nSPS) is 13.4. The fraction of sp³-hybridized carbons (Fsp3) is 0.692. The maximum absolute atomic E-state index is 9.56. The molecule has 0 spiro atoms. The SMILES string of the molecule is COCC(O)CCNc1cc(Br)nc(C(C)(C)C)n1. The molecule has 5 nitrogen and oxygen atoms in total. The monoisotopic (exact) mass is 331 g/mol. The Balaban J connectivity index is 2.61. The van der Waals surface area contributed by atoms with Gasteiger partial charge in [0.2, 0.25) is 0 Å². The van der Waals surface area contributed by atoms with Gasteiger partial charge in [-0.25, -0.2) is 9.97 Å². The number of anilines is 1. The Hall–Kier alpha value is -0.720. The lowest BCUT2D eigenvalue weighted by molar-refractivity contribution is 0.0615. The smallest absolute Gasteiger partial charge is 0.137 e. The molecule has 0 aromatic carbocycles. The lowest BCUT2D eigenvalue weighted by Crippen LogP contribution is -2.20. The van der Waals surface area contributed by atoms with E-state index in [0.717, 1.165) is 16.2 Å². The van der Waals surface area contributed by atoms with Gasteiger partial charge in [0.1, 0.15) is 16.2 Å². The molecule has 0 saturated carbocycles. The van der Waals surface area contributed by atoms with Crippen molar-refractivity contribution in [1.82, 2.24) is 9.97 Å². The molecule has 2 N–H and O–H groups in total. The van der Waals surface area contributed by atoms with Gasteiger partial charge in [-0.1, -0.05) is 20.8 Å². The van der Waals surface area contributed by atoms with Crippen molar-refractivity contribution in [2.24, 2.45) is 0 Å². The Kier molecular flexibility index (Phi) is 6.16. The van der Waals surface area contributed by atoms with Crippen molar-refractivity contribution >= 4 is 21.7 Å². The van der Waals surface area contributed by atoms with Gasteiger partial charge in [0.05, 0.1) is 12.7 Å². The summed E-state index contributed by atoms with van der Waals surface area (Å²) in [4.78, 5) is 8.86. The Labute approximate surface area is 122 Å². The summed E-state index contributed by atoms with van der Waals surface area (Å²) in [7, 11) is 1.58. The summed E-state index contributed by atoms with van der Waals surface area (Å²) in [6.07, 6.45) is 0.158. The first kappa shape index (κ1) is 16.3. The largest absolute Gasteiger partial charge is 0.391 e. The second-order valence-electron chi connectivity index (χ2n) is 5.47. The zero-order valence-corrected chi connectivity index (χ0v) is 13.5. The lowest BCUT2D eigenvalue weighted by atomic mass is 9.96. The van der Waals surface area contributed by atoms with Crippen molar-refractivity contribution < 1.29 is 9.84 Å². The quantitative estimate of drug-likeness (QED) is 0.783. The number of hydrogen-bond acceptors (Lipinski definition) is 5. The highest BCUT2D eigenvalue weighted by molar-refractivity contribution is 9.10. The van der Waals surface area contributed by atoms with Crippen LogP contribution in [0.4, 0.5) is 5.82 Å². The number of nitrogens with one attached hydrogen (secondary N) is 1. The molecule has 0 saturated heterocycles. The molecule has 108 valence electrons. The van der Waals surface area contributed by atoms with Gasteiger partial charge in [0.25, 0.3) is 0 Å². The molecule has 0 fully saturated rings. The molecule has 0 amide bonds. The molecule has 1 aromatic heterocycles. The number of nitrogens with zero attached hydrogens (tertiary/aromatic N) is 2. The van der Waals surface area contributed by atoms with E-state index in [4.69, 9.17) is 4.74 Å². The first-order valence-corrected chi connectivity index (χ1v) is 7.08. The number of aliphatic hydroxyl groups is 1. The first-order valence-electron chi connectivity index (χ1n) is 6.29. The molecule has 0 aliphatic carbocycles. The number of rotatable bonds is 6. The number of aromatic nitrogens is 2. The van der Waals surface area contributed by atoms with Gasteiger partial charge < -0.3 is 15.2 Å². The van der Waals surface area contributed by atoms with E-state index in [9.17, 15) is 5.11 Å². The van der Waals surface area contributed by atoms with E-state index >= 15 is 0 Å². The molecule has 0 aliphatic rings. The number of ether oxygens (including phenoxy) is 1. The Morgan fingerprint density at radius 3 is 2.68 bits per heavy atom. The second-order valence-corrected chi connectivity index (χ2v) is 6.29. The van der Waals surface area contributed by atoms with Crippen LogP contribution in [-0.4, -0.2) is 41.4 Å². The van der Waals surface area contributed by atoms with Crippen LogP contribution < -0.4 is 5.32 Å². The van der Waals surface area contributed by atoms with E-state index in [1.165, 1.54) is 0 Å². The van der Waals surface area contributed by atoms with E-state index < -0.39 is 6.10 Å². The number of hydrogen-bond donors (Lipinski definition) is 2.